The van der Waals surface area contributed by atoms with Gasteiger partial charge in [0, 0.05) is 11.8 Å². The first-order valence-corrected chi connectivity index (χ1v) is 3.76. The van der Waals surface area contributed by atoms with Crippen molar-refractivity contribution in [3.05, 3.63) is 28.8 Å². The van der Waals surface area contributed by atoms with E-state index in [1.807, 2.05) is 0 Å². The van der Waals surface area contributed by atoms with Gasteiger partial charge in [0.2, 0.25) is 5.95 Å². The molecule has 0 fully saturated rings. The van der Waals surface area contributed by atoms with Crippen molar-refractivity contribution in [3.8, 4) is 0 Å². The number of aliphatic hydroxyl groups is 1. The van der Waals surface area contributed by atoms with Gasteiger partial charge in [0.05, 0.1) is 5.02 Å². The van der Waals surface area contributed by atoms with E-state index in [0.29, 0.717) is 6.07 Å². The number of halogens is 5. The van der Waals surface area contributed by atoms with E-state index >= 15 is 0 Å². The van der Waals surface area contributed by atoms with Crippen LogP contribution in [0.2, 0.25) is 5.02 Å². The molecule has 1 rings (SSSR count). The summed E-state index contributed by atoms with van der Waals surface area (Å²) in [7, 11) is 0. The highest BCUT2D eigenvalue weighted by Crippen LogP contribution is 2.33. The summed E-state index contributed by atoms with van der Waals surface area (Å²) in [5.74, 6) is -1.39. The van der Waals surface area contributed by atoms with Crippen molar-refractivity contribution in [1.29, 1.82) is 0 Å². The standard InChI is InChI=1S/C7H4ClF4NO/c8-3-1-4(6(9)13-2-3)5(14)7(10,11)12/h1-2,5,14H/t5-/m1/s1. The normalized spacial score (nSPS) is 14.1. The van der Waals surface area contributed by atoms with Gasteiger partial charge in [0.25, 0.3) is 0 Å². The molecule has 0 unspecified atom stereocenters. The lowest BCUT2D eigenvalue weighted by Crippen LogP contribution is -2.21. The summed E-state index contributed by atoms with van der Waals surface area (Å²) in [6.45, 7) is 0. The molecule has 0 aliphatic carbocycles. The largest absolute Gasteiger partial charge is 0.418 e. The van der Waals surface area contributed by atoms with Gasteiger partial charge in [-0.3, -0.25) is 0 Å². The summed E-state index contributed by atoms with van der Waals surface area (Å²) < 4.78 is 48.6. The van der Waals surface area contributed by atoms with Crippen LogP contribution in [-0.2, 0) is 0 Å². The molecule has 0 spiro atoms. The highest BCUT2D eigenvalue weighted by molar-refractivity contribution is 6.30. The minimum atomic E-state index is -4.94. The number of hydrogen-bond donors (Lipinski definition) is 1. The third-order valence-corrected chi connectivity index (χ3v) is 1.64. The van der Waals surface area contributed by atoms with Crippen molar-refractivity contribution in [3.63, 3.8) is 0 Å². The van der Waals surface area contributed by atoms with Crippen molar-refractivity contribution < 1.29 is 22.7 Å². The third kappa shape index (κ3) is 2.33. The molecule has 0 radical (unpaired) electrons. The molecule has 0 aliphatic heterocycles. The minimum absolute atomic E-state index is 0.176. The quantitative estimate of drug-likeness (QED) is 0.593. The summed E-state index contributed by atoms with van der Waals surface area (Å²) in [5.41, 5.74) is -0.981. The van der Waals surface area contributed by atoms with E-state index in [1.54, 1.807) is 0 Å². The van der Waals surface area contributed by atoms with Crippen molar-refractivity contribution >= 4 is 11.6 Å². The van der Waals surface area contributed by atoms with Crippen LogP contribution in [0.3, 0.4) is 0 Å². The van der Waals surface area contributed by atoms with E-state index < -0.39 is 23.8 Å². The van der Waals surface area contributed by atoms with Gasteiger partial charge in [-0.2, -0.15) is 17.6 Å². The van der Waals surface area contributed by atoms with Crippen molar-refractivity contribution in [1.82, 2.24) is 4.98 Å². The predicted molar refractivity (Wildman–Crippen MR) is 40.2 cm³/mol. The van der Waals surface area contributed by atoms with Gasteiger partial charge in [-0.1, -0.05) is 11.6 Å². The molecule has 1 aromatic rings. The minimum Gasteiger partial charge on any atom is -0.379 e. The molecule has 1 heterocycles. The van der Waals surface area contributed by atoms with Crippen LogP contribution in [0.15, 0.2) is 12.3 Å². The molecule has 0 aromatic carbocycles. The van der Waals surface area contributed by atoms with Crippen LogP contribution in [0, 0.1) is 5.95 Å². The summed E-state index contributed by atoms with van der Waals surface area (Å²) in [5, 5.41) is 8.52. The summed E-state index contributed by atoms with van der Waals surface area (Å²) >= 11 is 5.30. The van der Waals surface area contributed by atoms with Crippen LogP contribution in [0.25, 0.3) is 0 Å². The van der Waals surface area contributed by atoms with E-state index in [4.69, 9.17) is 16.7 Å². The second kappa shape index (κ2) is 3.70. The number of hydrogen-bond acceptors (Lipinski definition) is 2. The van der Waals surface area contributed by atoms with Crippen LogP contribution in [0.4, 0.5) is 17.6 Å². The number of rotatable bonds is 1. The fraction of sp³-hybridized carbons (Fsp3) is 0.286. The Kier molecular flexibility index (Phi) is 2.96. The maximum Gasteiger partial charge on any atom is 0.418 e. The van der Waals surface area contributed by atoms with Gasteiger partial charge in [-0.15, -0.1) is 0 Å². The van der Waals surface area contributed by atoms with Crippen LogP contribution in [-0.4, -0.2) is 16.3 Å². The van der Waals surface area contributed by atoms with Gasteiger partial charge in [0.1, 0.15) is 0 Å². The number of pyridine rings is 1. The van der Waals surface area contributed by atoms with Gasteiger partial charge < -0.3 is 5.11 Å². The lowest BCUT2D eigenvalue weighted by Gasteiger charge is -2.14. The second-order valence-electron chi connectivity index (χ2n) is 2.48. The molecule has 0 aliphatic rings. The van der Waals surface area contributed by atoms with E-state index in [9.17, 15) is 17.6 Å². The lowest BCUT2D eigenvalue weighted by atomic mass is 10.1. The van der Waals surface area contributed by atoms with Crippen LogP contribution in [0.1, 0.15) is 11.7 Å². The Hall–Kier alpha value is -0.880. The predicted octanol–water partition coefficient (Wildman–Crippen LogP) is 2.47. The zero-order valence-corrected chi connectivity index (χ0v) is 7.27. The molecule has 0 saturated heterocycles. The molecule has 2 nitrogen and oxygen atoms in total. The Morgan fingerprint density at radius 3 is 2.50 bits per heavy atom. The van der Waals surface area contributed by atoms with Crippen molar-refractivity contribution in [2.24, 2.45) is 0 Å². The molecular formula is C7H4ClF4NO. The molecule has 1 atom stereocenters. The molecule has 7 heteroatoms. The summed E-state index contributed by atoms with van der Waals surface area (Å²) in [6.07, 6.45) is -7.00. The van der Waals surface area contributed by atoms with Crippen LogP contribution >= 0.6 is 11.6 Å². The Morgan fingerprint density at radius 1 is 1.43 bits per heavy atom. The zero-order valence-electron chi connectivity index (χ0n) is 6.52. The first-order valence-electron chi connectivity index (χ1n) is 3.38. The van der Waals surface area contributed by atoms with Crippen LogP contribution < -0.4 is 0 Å². The monoisotopic (exact) mass is 229 g/mol. The fourth-order valence-electron chi connectivity index (χ4n) is 0.806. The van der Waals surface area contributed by atoms with E-state index in [1.165, 1.54) is 0 Å². The van der Waals surface area contributed by atoms with E-state index in [-0.39, 0.29) is 5.02 Å². The smallest absolute Gasteiger partial charge is 0.379 e. The first kappa shape index (κ1) is 11.2. The average molecular weight is 230 g/mol. The maximum atomic E-state index is 12.7. The SMILES string of the molecule is O[C@H](c1cc(Cl)cnc1F)C(F)(F)F. The molecular weight excluding hydrogens is 226 g/mol. The number of aliphatic hydroxyl groups excluding tert-OH is 1. The summed E-state index contributed by atoms with van der Waals surface area (Å²) in [6, 6.07) is 0.683. The second-order valence-corrected chi connectivity index (χ2v) is 2.91. The molecule has 0 saturated carbocycles. The van der Waals surface area contributed by atoms with Crippen molar-refractivity contribution in [2.75, 3.05) is 0 Å². The highest BCUT2D eigenvalue weighted by atomic mass is 35.5. The lowest BCUT2D eigenvalue weighted by molar-refractivity contribution is -0.207. The van der Waals surface area contributed by atoms with E-state index in [0.717, 1.165) is 6.20 Å². The van der Waals surface area contributed by atoms with E-state index in [2.05, 4.69) is 4.98 Å². The molecule has 14 heavy (non-hydrogen) atoms. The third-order valence-electron chi connectivity index (χ3n) is 1.44. The molecule has 78 valence electrons. The fourth-order valence-corrected chi connectivity index (χ4v) is 0.973. The molecule has 1 N–H and O–H groups in total. The Morgan fingerprint density at radius 2 is 2.00 bits per heavy atom. The van der Waals surface area contributed by atoms with Gasteiger partial charge in [0.15, 0.2) is 6.10 Å². The average Bonchev–Trinajstić information content (AvgIpc) is 2.06. The number of aromatic nitrogens is 1. The Labute approximate surface area is 81.1 Å². The molecule has 1 aromatic heterocycles. The van der Waals surface area contributed by atoms with Gasteiger partial charge in [-0.25, -0.2) is 4.98 Å². The van der Waals surface area contributed by atoms with Gasteiger partial charge in [-0.05, 0) is 6.07 Å². The first-order chi connectivity index (χ1) is 6.32. The number of alkyl halides is 3. The zero-order chi connectivity index (χ0) is 10.9. The Balaban J connectivity index is 3.12. The van der Waals surface area contributed by atoms with Crippen LogP contribution in [0.5, 0.6) is 0 Å². The number of nitrogens with zero attached hydrogens (tertiary/aromatic N) is 1. The van der Waals surface area contributed by atoms with Gasteiger partial charge >= 0.3 is 6.18 Å². The topological polar surface area (TPSA) is 33.1 Å². The summed E-state index contributed by atoms with van der Waals surface area (Å²) in [4.78, 5) is 2.95. The van der Waals surface area contributed by atoms with Crippen molar-refractivity contribution in [2.45, 2.75) is 12.3 Å². The Bertz CT molecular complexity index is 341. The maximum absolute atomic E-state index is 12.7. The molecule has 0 bridgehead atoms. The molecule has 0 amide bonds. The highest BCUT2D eigenvalue weighted by Gasteiger charge is 2.41.